The number of hydrogen-bond donors (Lipinski definition) is 1. The second-order valence-corrected chi connectivity index (χ2v) is 13.6. The van der Waals surface area contributed by atoms with Crippen LogP contribution >= 0.6 is 15.9 Å². The second kappa shape index (κ2) is 12.8. The maximum Gasteiger partial charge on any atom is 0.249 e. The Labute approximate surface area is 252 Å². The number of rotatable bonds is 13. The number of aliphatic hydroxyl groups is 1. The van der Waals surface area contributed by atoms with Gasteiger partial charge < -0.3 is 24.5 Å². The molecular formula is C32H44BrN3O5. The van der Waals surface area contributed by atoms with Crippen LogP contribution in [0.4, 0.5) is 0 Å². The van der Waals surface area contributed by atoms with Crippen molar-refractivity contribution in [2.75, 3.05) is 26.2 Å². The van der Waals surface area contributed by atoms with Crippen molar-refractivity contribution in [1.29, 1.82) is 0 Å². The van der Waals surface area contributed by atoms with Gasteiger partial charge in [0.25, 0.3) is 0 Å². The van der Waals surface area contributed by atoms with Gasteiger partial charge in [0.05, 0.1) is 17.9 Å². The molecule has 3 unspecified atom stereocenters. The number of fused-ring (bicyclic) bond motifs is 1. The molecule has 3 aliphatic rings. The average Bonchev–Trinajstić information content (AvgIpc) is 3.52. The lowest BCUT2D eigenvalue weighted by molar-refractivity contribution is -0.151. The van der Waals surface area contributed by atoms with Gasteiger partial charge in [0, 0.05) is 43.2 Å². The Morgan fingerprint density at radius 3 is 2.41 bits per heavy atom. The van der Waals surface area contributed by atoms with Gasteiger partial charge in [-0.3, -0.25) is 14.4 Å². The number of carbonyl (C=O) groups excluding carboxylic acids is 3. The number of unbranched alkanes of at least 4 members (excludes halogenated alkanes) is 2. The predicted molar refractivity (Wildman–Crippen MR) is 162 cm³/mol. The molecule has 0 radical (unpaired) electrons. The molecule has 9 heteroatoms. The Balaban J connectivity index is 1.73. The Morgan fingerprint density at radius 1 is 1.12 bits per heavy atom. The third kappa shape index (κ3) is 5.90. The molecule has 1 spiro atoms. The average molecular weight is 631 g/mol. The highest BCUT2D eigenvalue weighted by Gasteiger charge is 2.77. The first-order valence-corrected chi connectivity index (χ1v) is 15.5. The van der Waals surface area contributed by atoms with Crippen molar-refractivity contribution >= 4 is 33.7 Å². The van der Waals surface area contributed by atoms with Gasteiger partial charge in [-0.05, 0) is 52.0 Å². The number of likely N-dealkylation sites (tertiary alicyclic amines) is 1. The van der Waals surface area contributed by atoms with E-state index < -0.39 is 35.1 Å². The summed E-state index contributed by atoms with van der Waals surface area (Å²) < 4.78 is 6.72. The van der Waals surface area contributed by atoms with E-state index in [1.165, 1.54) is 0 Å². The summed E-state index contributed by atoms with van der Waals surface area (Å²) in [5, 5.41) is 9.29. The molecule has 8 nitrogen and oxygen atoms in total. The van der Waals surface area contributed by atoms with Crippen molar-refractivity contribution in [1.82, 2.24) is 14.7 Å². The first-order chi connectivity index (χ1) is 19.5. The third-order valence-electron chi connectivity index (χ3n) is 8.63. The lowest BCUT2D eigenvalue weighted by atomic mass is 9.70. The van der Waals surface area contributed by atoms with E-state index in [1.54, 1.807) is 26.9 Å². The zero-order valence-electron chi connectivity index (χ0n) is 24.5. The molecule has 224 valence electrons. The molecule has 6 atom stereocenters. The van der Waals surface area contributed by atoms with E-state index in [1.807, 2.05) is 51.1 Å². The number of aliphatic hydroxyl groups excluding tert-OH is 1. The normalized spacial score (nSPS) is 28.5. The fraction of sp³-hybridized carbons (Fsp3) is 0.594. The smallest absolute Gasteiger partial charge is 0.249 e. The van der Waals surface area contributed by atoms with E-state index in [-0.39, 0.29) is 29.2 Å². The molecule has 1 aromatic carbocycles. The highest BCUT2D eigenvalue weighted by Crippen LogP contribution is 2.60. The van der Waals surface area contributed by atoms with Gasteiger partial charge in [0.2, 0.25) is 17.7 Å². The zero-order valence-corrected chi connectivity index (χ0v) is 26.1. The van der Waals surface area contributed by atoms with E-state index in [9.17, 15) is 19.5 Å². The van der Waals surface area contributed by atoms with Crippen LogP contribution in [0.25, 0.3) is 0 Å². The summed E-state index contributed by atoms with van der Waals surface area (Å²) in [4.78, 5) is 48.1. The summed E-state index contributed by atoms with van der Waals surface area (Å²) in [7, 11) is 0. The lowest BCUT2D eigenvalue weighted by Crippen LogP contribution is -2.60. The molecule has 3 heterocycles. The molecule has 3 amide bonds. The summed E-state index contributed by atoms with van der Waals surface area (Å²) in [6.45, 7) is 15.1. The summed E-state index contributed by atoms with van der Waals surface area (Å²) in [5.41, 5.74) is -0.637. The summed E-state index contributed by atoms with van der Waals surface area (Å²) in [6, 6.07) is 8.90. The van der Waals surface area contributed by atoms with Gasteiger partial charge in [-0.1, -0.05) is 58.4 Å². The van der Waals surface area contributed by atoms with Crippen LogP contribution in [-0.4, -0.2) is 91.9 Å². The van der Waals surface area contributed by atoms with E-state index >= 15 is 0 Å². The van der Waals surface area contributed by atoms with Gasteiger partial charge in [0.15, 0.2) is 0 Å². The van der Waals surface area contributed by atoms with E-state index in [4.69, 9.17) is 4.74 Å². The number of alkyl halides is 1. The molecule has 41 heavy (non-hydrogen) atoms. The molecule has 2 bridgehead atoms. The largest absolute Gasteiger partial charge is 0.396 e. The van der Waals surface area contributed by atoms with Gasteiger partial charge >= 0.3 is 0 Å². The van der Waals surface area contributed by atoms with Gasteiger partial charge in [0.1, 0.15) is 11.6 Å². The Morgan fingerprint density at radius 2 is 1.80 bits per heavy atom. The first kappa shape index (κ1) is 31.4. The van der Waals surface area contributed by atoms with Crippen molar-refractivity contribution in [2.24, 2.45) is 11.8 Å². The Hall–Kier alpha value is -2.49. The lowest BCUT2D eigenvalue weighted by Gasteiger charge is -2.42. The molecule has 0 aromatic heterocycles. The minimum absolute atomic E-state index is 0.0766. The standard InChI is InChI=1S/C32H44BrN3O5/c1-6-16-34(21-22-14-10-8-11-15-22)28(38)24-25-29(39)35(18-12-9-13-19-37)27(32(25)20-23(33)26(24)41-32)30(40)36(17-7-2)31(3,4)5/h6-8,10-11,14-15,23-27,37H,1-2,9,12-13,16-21H2,3-5H3/t23?,24-,25+,26-,27?,32?/m1/s1. The summed E-state index contributed by atoms with van der Waals surface area (Å²) in [5.74, 6) is -2.01. The zero-order chi connectivity index (χ0) is 29.9. The van der Waals surface area contributed by atoms with Crippen molar-refractivity contribution in [3.05, 3.63) is 61.2 Å². The van der Waals surface area contributed by atoms with Crippen LogP contribution in [0.1, 0.15) is 52.0 Å². The van der Waals surface area contributed by atoms with Gasteiger partial charge in [-0.2, -0.15) is 0 Å². The number of hydrogen-bond acceptors (Lipinski definition) is 5. The van der Waals surface area contributed by atoms with Crippen LogP contribution in [0.15, 0.2) is 55.6 Å². The number of halogens is 1. The van der Waals surface area contributed by atoms with Crippen molar-refractivity contribution in [2.45, 2.75) is 81.1 Å². The Bertz CT molecular complexity index is 1140. The van der Waals surface area contributed by atoms with Gasteiger partial charge in [-0.15, -0.1) is 13.2 Å². The van der Waals surface area contributed by atoms with Crippen LogP contribution < -0.4 is 0 Å². The number of benzene rings is 1. The van der Waals surface area contributed by atoms with Crippen molar-refractivity contribution in [3.8, 4) is 0 Å². The third-order valence-corrected chi connectivity index (χ3v) is 9.48. The molecule has 1 aromatic rings. The van der Waals surface area contributed by atoms with Crippen LogP contribution in [0.5, 0.6) is 0 Å². The SMILES string of the molecule is C=CCN(Cc1ccccc1)C(=O)[C@H]1[C@@H]2OC3(CC2Br)C(C(=O)N(CC=C)C(C)(C)C)N(CCCCCO)C(=O)[C@H]13. The van der Waals surface area contributed by atoms with Crippen LogP contribution in [0.3, 0.4) is 0 Å². The van der Waals surface area contributed by atoms with Gasteiger partial charge in [-0.25, -0.2) is 0 Å². The summed E-state index contributed by atoms with van der Waals surface area (Å²) in [6.07, 6.45) is 5.34. The van der Waals surface area contributed by atoms with Crippen LogP contribution in [0, 0.1) is 11.8 Å². The predicted octanol–water partition coefficient (Wildman–Crippen LogP) is 3.92. The van der Waals surface area contributed by atoms with E-state index in [0.29, 0.717) is 45.4 Å². The molecule has 4 rings (SSSR count). The molecule has 1 N–H and O–H groups in total. The fourth-order valence-electron chi connectivity index (χ4n) is 6.88. The number of ether oxygens (including phenoxy) is 1. The number of carbonyl (C=O) groups is 3. The summed E-state index contributed by atoms with van der Waals surface area (Å²) >= 11 is 3.77. The van der Waals surface area contributed by atoms with E-state index in [0.717, 1.165) is 12.0 Å². The minimum atomic E-state index is -1.11. The fourth-order valence-corrected chi connectivity index (χ4v) is 7.82. The molecule has 3 aliphatic heterocycles. The molecular weight excluding hydrogens is 586 g/mol. The molecule has 3 fully saturated rings. The van der Waals surface area contributed by atoms with Crippen LogP contribution in [-0.2, 0) is 25.7 Å². The monoisotopic (exact) mass is 629 g/mol. The minimum Gasteiger partial charge on any atom is -0.396 e. The topological polar surface area (TPSA) is 90.4 Å². The molecule has 3 saturated heterocycles. The maximum absolute atomic E-state index is 14.5. The second-order valence-electron chi connectivity index (χ2n) is 12.4. The highest BCUT2D eigenvalue weighted by atomic mass is 79.9. The van der Waals surface area contributed by atoms with Crippen LogP contribution in [0.2, 0.25) is 0 Å². The number of nitrogens with zero attached hydrogens (tertiary/aromatic N) is 3. The van der Waals surface area contributed by atoms with Crippen molar-refractivity contribution in [3.63, 3.8) is 0 Å². The molecule has 0 aliphatic carbocycles. The van der Waals surface area contributed by atoms with E-state index in [2.05, 4.69) is 29.1 Å². The Kier molecular flexibility index (Phi) is 9.81. The molecule has 0 saturated carbocycles. The number of amides is 3. The first-order valence-electron chi connectivity index (χ1n) is 14.6. The maximum atomic E-state index is 14.5. The highest BCUT2D eigenvalue weighted by molar-refractivity contribution is 9.09. The van der Waals surface area contributed by atoms with Crippen molar-refractivity contribution < 1.29 is 24.2 Å². The quantitative estimate of drug-likeness (QED) is 0.203.